The predicted octanol–water partition coefficient (Wildman–Crippen LogP) is 8.11. The number of aliphatic imine (C=N–C) groups is 2. The van der Waals surface area contributed by atoms with Crippen LogP contribution in [0.1, 0.15) is 96.0 Å². The molecule has 0 bridgehead atoms. The molecule has 0 amide bonds. The molecule has 2 aliphatic heterocycles. The lowest BCUT2D eigenvalue weighted by molar-refractivity contribution is 0.189. The number of halogens is 1. The summed E-state index contributed by atoms with van der Waals surface area (Å²) in [7, 11) is 0. The molecule has 4 aliphatic rings. The highest BCUT2D eigenvalue weighted by atomic mass is 32.2. The van der Waals surface area contributed by atoms with Crippen LogP contribution in [0.15, 0.2) is 34.4 Å². The number of rotatable bonds is 5. The molecule has 2 aliphatic carbocycles. The molecule has 34 heavy (non-hydrogen) atoms. The highest BCUT2D eigenvalue weighted by molar-refractivity contribution is 8.14. The highest BCUT2D eigenvalue weighted by Crippen LogP contribution is 2.42. The van der Waals surface area contributed by atoms with Gasteiger partial charge in [-0.15, -0.1) is 0 Å². The van der Waals surface area contributed by atoms with E-state index in [1.54, 1.807) is 18.3 Å². The Morgan fingerprint density at radius 2 is 1.74 bits per heavy atom. The third-order valence-corrected chi connectivity index (χ3v) is 10.1. The van der Waals surface area contributed by atoms with Gasteiger partial charge in [0.2, 0.25) is 5.95 Å². The maximum Gasteiger partial charge on any atom is 0.220 e. The van der Waals surface area contributed by atoms with Gasteiger partial charge >= 0.3 is 0 Å². The Hall–Kier alpha value is -1.49. The van der Waals surface area contributed by atoms with Crippen LogP contribution in [-0.2, 0) is 0 Å². The van der Waals surface area contributed by atoms with Crippen LogP contribution in [0.3, 0.4) is 0 Å². The van der Waals surface area contributed by atoms with E-state index in [0.29, 0.717) is 5.56 Å². The molecule has 1 aromatic rings. The van der Waals surface area contributed by atoms with Gasteiger partial charge in [-0.05, 0) is 55.1 Å². The van der Waals surface area contributed by atoms with Crippen molar-refractivity contribution in [2.75, 3.05) is 0 Å². The summed E-state index contributed by atoms with van der Waals surface area (Å²) in [5, 5.41) is 1.44. The van der Waals surface area contributed by atoms with E-state index in [0.717, 1.165) is 35.7 Å². The van der Waals surface area contributed by atoms with E-state index in [9.17, 15) is 4.39 Å². The largest absolute Gasteiger partial charge is 0.264 e. The Kier molecular flexibility index (Phi) is 8.19. The normalized spacial score (nSPS) is 31.6. The molecule has 5 unspecified atom stereocenters. The highest BCUT2D eigenvalue weighted by Gasteiger charge is 2.33. The molecule has 0 saturated heterocycles. The smallest absolute Gasteiger partial charge is 0.220 e. The monoisotopic (exact) mass is 481 g/mol. The zero-order valence-electron chi connectivity index (χ0n) is 20.7. The van der Waals surface area contributed by atoms with Crippen molar-refractivity contribution in [1.29, 1.82) is 0 Å². The molecule has 184 valence electrons. The molecule has 5 atom stereocenters. The van der Waals surface area contributed by atoms with Crippen molar-refractivity contribution < 1.29 is 4.39 Å². The van der Waals surface area contributed by atoms with Crippen molar-refractivity contribution in [2.45, 2.75) is 102 Å². The number of hydrogen-bond acceptors (Lipinski definition) is 4. The lowest BCUT2D eigenvalue weighted by Gasteiger charge is -2.32. The number of hydrogen-bond donors (Lipinski definition) is 0. The van der Waals surface area contributed by atoms with Gasteiger partial charge in [0.05, 0.1) is 10.3 Å². The van der Waals surface area contributed by atoms with Crippen molar-refractivity contribution in [3.63, 3.8) is 0 Å². The predicted molar refractivity (Wildman–Crippen MR) is 143 cm³/mol. The van der Waals surface area contributed by atoms with Crippen LogP contribution in [0.4, 0.5) is 4.39 Å². The summed E-state index contributed by atoms with van der Waals surface area (Å²) >= 11 is 1.85. The number of aromatic nitrogens is 1. The first kappa shape index (κ1) is 24.2. The minimum Gasteiger partial charge on any atom is -0.264 e. The van der Waals surface area contributed by atoms with Crippen LogP contribution in [0, 0.1) is 29.6 Å². The zero-order chi connectivity index (χ0) is 23.3. The number of allylic oxidation sites excluding steroid dienone is 1. The summed E-state index contributed by atoms with van der Waals surface area (Å²) in [6.07, 6.45) is 23.6. The fourth-order valence-corrected chi connectivity index (χ4v) is 8.01. The maximum absolute atomic E-state index is 14.1. The number of thioether (sulfide) groups is 1. The van der Waals surface area contributed by atoms with Gasteiger partial charge in [0.25, 0.3) is 0 Å². The van der Waals surface area contributed by atoms with Crippen LogP contribution >= 0.6 is 11.8 Å². The second-order valence-corrected chi connectivity index (χ2v) is 12.3. The Labute approximate surface area is 209 Å². The van der Waals surface area contributed by atoms with Crippen LogP contribution in [-0.4, -0.2) is 27.7 Å². The van der Waals surface area contributed by atoms with E-state index in [-0.39, 0.29) is 11.4 Å². The lowest BCUT2D eigenvalue weighted by atomic mass is 9.74. The molecular formula is C29H40FN3S. The molecule has 0 radical (unpaired) electrons. The summed E-state index contributed by atoms with van der Waals surface area (Å²) in [6, 6.07) is 3.56. The molecule has 0 spiro atoms. The summed E-state index contributed by atoms with van der Waals surface area (Å²) < 4.78 is 14.1. The molecule has 2 saturated carbocycles. The molecule has 3 heterocycles. The lowest BCUT2D eigenvalue weighted by Crippen LogP contribution is -2.22. The van der Waals surface area contributed by atoms with Crippen LogP contribution in [0.2, 0.25) is 0 Å². The Balaban J connectivity index is 1.14. The summed E-state index contributed by atoms with van der Waals surface area (Å²) in [4.78, 5) is 13.4. The fraction of sp³-hybridized carbons (Fsp3) is 0.690. The Morgan fingerprint density at radius 1 is 0.971 bits per heavy atom. The average Bonchev–Trinajstić information content (AvgIpc) is 3.07. The van der Waals surface area contributed by atoms with Crippen LogP contribution < -0.4 is 0 Å². The van der Waals surface area contributed by atoms with Crippen molar-refractivity contribution in [3.8, 4) is 0 Å². The SMILES string of the molecule is CC(C1CCCCCCC1)C1CCCC(CC2=NC3N=CC(c4cccnc4F)=CC3S2)CC1. The standard InChI is InChI=1S/C29H40FN3S/c1-20(22-10-5-3-2-4-6-11-22)23-12-7-9-21(14-15-23)17-27-33-29-26(34-27)18-24(19-32-29)25-13-8-16-31-28(25)30/h8,13,16,18-23,26,29H,2-7,9-12,14-15,17H2,1H3. The Morgan fingerprint density at radius 3 is 2.56 bits per heavy atom. The van der Waals surface area contributed by atoms with E-state index in [2.05, 4.69) is 23.0 Å². The van der Waals surface area contributed by atoms with Crippen molar-refractivity contribution in [3.05, 3.63) is 35.9 Å². The molecule has 5 heteroatoms. The van der Waals surface area contributed by atoms with Gasteiger partial charge in [0.15, 0.2) is 6.17 Å². The van der Waals surface area contributed by atoms with Crippen molar-refractivity contribution in [1.82, 2.24) is 4.98 Å². The number of nitrogens with zero attached hydrogens (tertiary/aromatic N) is 3. The van der Waals surface area contributed by atoms with Crippen molar-refractivity contribution in [2.24, 2.45) is 33.7 Å². The van der Waals surface area contributed by atoms with Gasteiger partial charge in [-0.3, -0.25) is 9.98 Å². The van der Waals surface area contributed by atoms with Gasteiger partial charge in [-0.2, -0.15) is 4.39 Å². The zero-order valence-corrected chi connectivity index (χ0v) is 21.5. The van der Waals surface area contributed by atoms with Gasteiger partial charge in [0.1, 0.15) is 0 Å². The molecule has 0 N–H and O–H groups in total. The molecule has 1 aromatic heterocycles. The second-order valence-electron chi connectivity index (χ2n) is 11.1. The van der Waals surface area contributed by atoms with Crippen LogP contribution in [0.5, 0.6) is 0 Å². The molecule has 5 rings (SSSR count). The number of fused-ring (bicyclic) bond motifs is 1. The van der Waals surface area contributed by atoms with Gasteiger partial charge < -0.3 is 0 Å². The number of pyridine rings is 1. The molecule has 2 fully saturated rings. The van der Waals surface area contributed by atoms with Crippen LogP contribution in [0.25, 0.3) is 5.57 Å². The second kappa shape index (κ2) is 11.5. The van der Waals surface area contributed by atoms with E-state index >= 15 is 0 Å². The van der Waals surface area contributed by atoms with E-state index < -0.39 is 5.95 Å². The van der Waals surface area contributed by atoms with Gasteiger partial charge in [-0.25, -0.2) is 4.98 Å². The number of dihydropyridines is 1. The first-order chi connectivity index (χ1) is 16.7. The van der Waals surface area contributed by atoms with Crippen molar-refractivity contribution >= 4 is 28.6 Å². The summed E-state index contributed by atoms with van der Waals surface area (Å²) in [6.45, 7) is 2.58. The quantitative estimate of drug-likeness (QED) is 0.315. The van der Waals surface area contributed by atoms with E-state index in [4.69, 9.17) is 4.99 Å². The molecule has 0 aromatic carbocycles. The molecular weight excluding hydrogens is 441 g/mol. The van der Waals surface area contributed by atoms with Gasteiger partial charge in [-0.1, -0.05) is 89.0 Å². The minimum absolute atomic E-state index is 0.0404. The van der Waals surface area contributed by atoms with E-state index in [1.165, 1.54) is 88.3 Å². The average molecular weight is 482 g/mol. The third kappa shape index (κ3) is 5.83. The maximum atomic E-state index is 14.1. The minimum atomic E-state index is -0.426. The van der Waals surface area contributed by atoms with E-state index in [1.807, 2.05) is 11.8 Å². The summed E-state index contributed by atoms with van der Waals surface area (Å²) in [5.74, 6) is 3.10. The van der Waals surface area contributed by atoms with Gasteiger partial charge in [0, 0.05) is 23.5 Å². The summed E-state index contributed by atoms with van der Waals surface area (Å²) in [5.41, 5.74) is 1.36. The molecule has 3 nitrogen and oxygen atoms in total. The first-order valence-electron chi connectivity index (χ1n) is 13.8. The first-order valence-corrected chi connectivity index (χ1v) is 14.6. The topological polar surface area (TPSA) is 37.6 Å². The Bertz CT molecular complexity index is 918. The fourth-order valence-electron chi connectivity index (χ4n) is 6.73. The third-order valence-electron chi connectivity index (χ3n) is 8.86.